The SMILES string of the molecule is C=C(C)COc1cccc(C(=O)NCCc2ccc(OC)c(OC)c2)c1. The van der Waals surface area contributed by atoms with Crippen LogP contribution in [0.4, 0.5) is 0 Å². The van der Waals surface area contributed by atoms with Gasteiger partial charge in [0.15, 0.2) is 11.5 Å². The molecule has 0 aromatic heterocycles. The van der Waals surface area contributed by atoms with Crippen molar-refractivity contribution in [2.24, 2.45) is 0 Å². The van der Waals surface area contributed by atoms with Crippen molar-refractivity contribution < 1.29 is 19.0 Å². The van der Waals surface area contributed by atoms with Gasteiger partial charge in [0.1, 0.15) is 12.4 Å². The molecule has 0 aliphatic carbocycles. The Morgan fingerprint density at radius 2 is 1.85 bits per heavy atom. The van der Waals surface area contributed by atoms with Crippen molar-refractivity contribution in [2.45, 2.75) is 13.3 Å². The minimum absolute atomic E-state index is 0.133. The van der Waals surface area contributed by atoms with Gasteiger partial charge in [0.25, 0.3) is 5.91 Å². The van der Waals surface area contributed by atoms with Crippen molar-refractivity contribution in [1.29, 1.82) is 0 Å². The molecule has 5 heteroatoms. The first-order chi connectivity index (χ1) is 12.5. The van der Waals surface area contributed by atoms with Crippen LogP contribution in [-0.4, -0.2) is 33.3 Å². The van der Waals surface area contributed by atoms with Gasteiger partial charge in [0, 0.05) is 12.1 Å². The second kappa shape index (κ2) is 9.51. The van der Waals surface area contributed by atoms with Crippen LogP contribution >= 0.6 is 0 Å². The van der Waals surface area contributed by atoms with E-state index in [0.29, 0.717) is 42.4 Å². The highest BCUT2D eigenvalue weighted by Crippen LogP contribution is 2.27. The van der Waals surface area contributed by atoms with Crippen molar-refractivity contribution in [3.63, 3.8) is 0 Å². The highest BCUT2D eigenvalue weighted by molar-refractivity contribution is 5.94. The number of hydrogen-bond donors (Lipinski definition) is 1. The summed E-state index contributed by atoms with van der Waals surface area (Å²) in [6.07, 6.45) is 0.692. The first kappa shape index (κ1) is 19.4. The van der Waals surface area contributed by atoms with Crippen molar-refractivity contribution in [3.05, 3.63) is 65.7 Å². The predicted molar refractivity (Wildman–Crippen MR) is 102 cm³/mol. The van der Waals surface area contributed by atoms with Gasteiger partial charge in [-0.05, 0) is 54.8 Å². The smallest absolute Gasteiger partial charge is 0.251 e. The van der Waals surface area contributed by atoms with E-state index in [9.17, 15) is 4.79 Å². The molecule has 1 N–H and O–H groups in total. The largest absolute Gasteiger partial charge is 0.493 e. The maximum Gasteiger partial charge on any atom is 0.251 e. The van der Waals surface area contributed by atoms with Crippen LogP contribution < -0.4 is 19.5 Å². The molecule has 0 unspecified atom stereocenters. The van der Waals surface area contributed by atoms with Crippen molar-refractivity contribution in [3.8, 4) is 17.2 Å². The number of amides is 1. The minimum atomic E-state index is -0.133. The molecule has 5 nitrogen and oxygen atoms in total. The molecule has 2 aromatic rings. The topological polar surface area (TPSA) is 56.8 Å². The molecular formula is C21H25NO4. The maximum atomic E-state index is 12.3. The van der Waals surface area contributed by atoms with E-state index in [-0.39, 0.29) is 5.91 Å². The van der Waals surface area contributed by atoms with Gasteiger partial charge in [0.2, 0.25) is 0 Å². The molecule has 0 saturated carbocycles. The van der Waals surface area contributed by atoms with E-state index < -0.39 is 0 Å². The van der Waals surface area contributed by atoms with E-state index in [1.165, 1.54) is 0 Å². The fourth-order valence-corrected chi connectivity index (χ4v) is 2.39. The van der Waals surface area contributed by atoms with E-state index in [2.05, 4.69) is 11.9 Å². The van der Waals surface area contributed by atoms with Crippen LogP contribution in [0.25, 0.3) is 0 Å². The van der Waals surface area contributed by atoms with Gasteiger partial charge in [-0.15, -0.1) is 0 Å². The van der Waals surface area contributed by atoms with Gasteiger partial charge in [0.05, 0.1) is 14.2 Å². The molecule has 138 valence electrons. The summed E-state index contributed by atoms with van der Waals surface area (Å²) < 4.78 is 16.1. The molecule has 0 heterocycles. The molecular weight excluding hydrogens is 330 g/mol. The lowest BCUT2D eigenvalue weighted by Crippen LogP contribution is -2.25. The fraction of sp³-hybridized carbons (Fsp3) is 0.286. The van der Waals surface area contributed by atoms with Crippen LogP contribution in [0.15, 0.2) is 54.6 Å². The first-order valence-corrected chi connectivity index (χ1v) is 8.40. The Bertz CT molecular complexity index is 770. The van der Waals surface area contributed by atoms with Crippen molar-refractivity contribution in [1.82, 2.24) is 5.32 Å². The van der Waals surface area contributed by atoms with Crippen LogP contribution in [-0.2, 0) is 6.42 Å². The quantitative estimate of drug-likeness (QED) is 0.698. The number of carbonyl (C=O) groups excluding carboxylic acids is 1. The summed E-state index contributed by atoms with van der Waals surface area (Å²) in [6.45, 7) is 6.65. The number of rotatable bonds is 9. The Balaban J connectivity index is 1.90. The third kappa shape index (κ3) is 5.55. The van der Waals surface area contributed by atoms with Crippen LogP contribution in [0.2, 0.25) is 0 Å². The van der Waals surface area contributed by atoms with Gasteiger partial charge >= 0.3 is 0 Å². The number of methoxy groups -OCH3 is 2. The van der Waals surface area contributed by atoms with Gasteiger partial charge in [-0.2, -0.15) is 0 Å². The zero-order chi connectivity index (χ0) is 18.9. The predicted octanol–water partition coefficient (Wildman–Crippen LogP) is 3.63. The minimum Gasteiger partial charge on any atom is -0.493 e. The number of carbonyl (C=O) groups is 1. The van der Waals surface area contributed by atoms with E-state index >= 15 is 0 Å². The molecule has 0 aliphatic heterocycles. The average Bonchev–Trinajstić information content (AvgIpc) is 2.66. The summed E-state index contributed by atoms with van der Waals surface area (Å²) in [6, 6.07) is 12.9. The van der Waals surface area contributed by atoms with Gasteiger partial charge < -0.3 is 19.5 Å². The molecule has 0 saturated heterocycles. The van der Waals surface area contributed by atoms with Gasteiger partial charge in [-0.1, -0.05) is 18.7 Å². The Labute approximate surface area is 154 Å². The highest BCUT2D eigenvalue weighted by atomic mass is 16.5. The third-order valence-electron chi connectivity index (χ3n) is 3.73. The number of nitrogens with one attached hydrogen (secondary N) is 1. The summed E-state index contributed by atoms with van der Waals surface area (Å²) in [5.74, 6) is 1.89. The molecule has 2 aromatic carbocycles. The summed E-state index contributed by atoms with van der Waals surface area (Å²) >= 11 is 0. The molecule has 1 amide bonds. The summed E-state index contributed by atoms with van der Waals surface area (Å²) in [7, 11) is 3.21. The summed E-state index contributed by atoms with van der Waals surface area (Å²) in [4.78, 5) is 12.3. The summed E-state index contributed by atoms with van der Waals surface area (Å²) in [5.41, 5.74) is 2.55. The molecule has 0 bridgehead atoms. The molecule has 0 aliphatic rings. The Hall–Kier alpha value is -2.95. The highest BCUT2D eigenvalue weighted by Gasteiger charge is 2.08. The Morgan fingerprint density at radius 3 is 2.54 bits per heavy atom. The zero-order valence-corrected chi connectivity index (χ0v) is 15.5. The van der Waals surface area contributed by atoms with Crippen LogP contribution in [0.5, 0.6) is 17.2 Å². The van der Waals surface area contributed by atoms with Gasteiger partial charge in [-0.3, -0.25) is 4.79 Å². The van der Waals surface area contributed by atoms with Gasteiger partial charge in [-0.25, -0.2) is 0 Å². The molecule has 0 atom stereocenters. The average molecular weight is 355 g/mol. The van der Waals surface area contributed by atoms with E-state index in [4.69, 9.17) is 14.2 Å². The molecule has 0 spiro atoms. The number of benzene rings is 2. The fourth-order valence-electron chi connectivity index (χ4n) is 2.39. The van der Waals surface area contributed by atoms with E-state index in [1.54, 1.807) is 32.4 Å². The van der Waals surface area contributed by atoms with E-state index in [1.807, 2.05) is 31.2 Å². The number of ether oxygens (including phenoxy) is 3. The lowest BCUT2D eigenvalue weighted by atomic mass is 10.1. The zero-order valence-electron chi connectivity index (χ0n) is 15.5. The lowest BCUT2D eigenvalue weighted by Gasteiger charge is -2.11. The standard InChI is InChI=1S/C21H25NO4/c1-15(2)14-26-18-7-5-6-17(13-18)21(23)22-11-10-16-8-9-19(24-3)20(12-16)25-4/h5-9,12-13H,1,10-11,14H2,2-4H3,(H,22,23). The van der Waals surface area contributed by atoms with Crippen LogP contribution in [0.1, 0.15) is 22.8 Å². The molecule has 2 rings (SSSR count). The Kier molecular flexibility index (Phi) is 7.09. The Morgan fingerprint density at radius 1 is 1.08 bits per heavy atom. The first-order valence-electron chi connectivity index (χ1n) is 8.40. The molecule has 0 fully saturated rings. The lowest BCUT2D eigenvalue weighted by molar-refractivity contribution is 0.0953. The second-order valence-corrected chi connectivity index (χ2v) is 5.97. The third-order valence-corrected chi connectivity index (χ3v) is 3.73. The van der Waals surface area contributed by atoms with Crippen molar-refractivity contribution >= 4 is 5.91 Å². The monoisotopic (exact) mass is 355 g/mol. The maximum absolute atomic E-state index is 12.3. The van der Waals surface area contributed by atoms with Crippen LogP contribution in [0.3, 0.4) is 0 Å². The molecule has 0 radical (unpaired) electrons. The summed E-state index contributed by atoms with van der Waals surface area (Å²) in [5, 5.41) is 2.92. The molecule has 26 heavy (non-hydrogen) atoms. The van der Waals surface area contributed by atoms with Crippen molar-refractivity contribution in [2.75, 3.05) is 27.4 Å². The van der Waals surface area contributed by atoms with Crippen LogP contribution in [0, 0.1) is 0 Å². The normalized spacial score (nSPS) is 10.1. The van der Waals surface area contributed by atoms with E-state index in [0.717, 1.165) is 11.1 Å². The second-order valence-electron chi connectivity index (χ2n) is 5.97. The number of hydrogen-bond acceptors (Lipinski definition) is 4.